The summed E-state index contributed by atoms with van der Waals surface area (Å²) in [6, 6.07) is 0.732. The third-order valence-corrected chi connectivity index (χ3v) is 4.41. The van der Waals surface area contributed by atoms with Crippen molar-refractivity contribution in [2.24, 2.45) is 5.92 Å². The third kappa shape index (κ3) is 5.91. The highest BCUT2D eigenvalue weighted by atomic mass is 16.4. The Morgan fingerprint density at radius 2 is 1.81 bits per heavy atom. The summed E-state index contributed by atoms with van der Waals surface area (Å²) in [6.45, 7) is 8.39. The zero-order chi connectivity index (χ0) is 16.0. The lowest BCUT2D eigenvalue weighted by atomic mass is 10.0. The number of piperazine rings is 1. The van der Waals surface area contributed by atoms with Gasteiger partial charge in [0, 0.05) is 38.1 Å². The summed E-state index contributed by atoms with van der Waals surface area (Å²) < 4.78 is 0. The molecular weight excluding hydrogens is 270 g/mol. The number of carbonyl (C=O) groups is 2. The minimum atomic E-state index is -0.758. The van der Waals surface area contributed by atoms with Crippen LogP contribution in [0.25, 0.3) is 0 Å². The van der Waals surface area contributed by atoms with Crippen molar-refractivity contribution in [1.29, 1.82) is 0 Å². The molecule has 0 aromatic heterocycles. The Kier molecular flexibility index (Phi) is 6.95. The molecular formula is C15H29N3O3. The van der Waals surface area contributed by atoms with Crippen LogP contribution < -0.4 is 5.32 Å². The SMILES string of the molecule is CC(CCNC(=O)N1CC(C)N(C)C(C)C1)CCC(=O)O. The molecule has 6 nitrogen and oxygen atoms in total. The molecule has 1 aliphatic heterocycles. The van der Waals surface area contributed by atoms with Crippen molar-refractivity contribution in [1.82, 2.24) is 15.1 Å². The van der Waals surface area contributed by atoms with Crippen molar-refractivity contribution in [3.8, 4) is 0 Å². The molecule has 0 bridgehead atoms. The van der Waals surface area contributed by atoms with Gasteiger partial charge < -0.3 is 15.3 Å². The van der Waals surface area contributed by atoms with Gasteiger partial charge in [0.05, 0.1) is 0 Å². The number of nitrogens with one attached hydrogen (secondary N) is 1. The van der Waals surface area contributed by atoms with Gasteiger partial charge in [-0.25, -0.2) is 4.79 Å². The van der Waals surface area contributed by atoms with Crippen LogP contribution in [0.4, 0.5) is 4.79 Å². The lowest BCUT2D eigenvalue weighted by molar-refractivity contribution is -0.137. The van der Waals surface area contributed by atoms with Crippen molar-refractivity contribution in [2.75, 3.05) is 26.7 Å². The van der Waals surface area contributed by atoms with E-state index in [1.165, 1.54) is 0 Å². The molecule has 1 fully saturated rings. The number of urea groups is 1. The number of carboxylic acids is 1. The van der Waals surface area contributed by atoms with E-state index in [-0.39, 0.29) is 12.5 Å². The van der Waals surface area contributed by atoms with Crippen molar-refractivity contribution >= 4 is 12.0 Å². The van der Waals surface area contributed by atoms with Crippen LogP contribution in [-0.4, -0.2) is 65.7 Å². The minimum absolute atomic E-state index is 0.00719. The van der Waals surface area contributed by atoms with Crippen LogP contribution in [-0.2, 0) is 4.79 Å². The molecule has 1 rings (SSSR count). The Morgan fingerprint density at radius 3 is 2.33 bits per heavy atom. The predicted molar refractivity (Wildman–Crippen MR) is 82.3 cm³/mol. The van der Waals surface area contributed by atoms with Gasteiger partial charge in [-0.05, 0) is 39.7 Å². The standard InChI is InChI=1S/C15H29N3O3/c1-11(5-6-14(19)20)7-8-16-15(21)18-9-12(2)17(4)13(3)10-18/h11-13H,5-10H2,1-4H3,(H,16,21)(H,19,20). The number of amides is 2. The number of hydrogen-bond acceptors (Lipinski definition) is 3. The molecule has 1 heterocycles. The fraction of sp³-hybridized carbons (Fsp3) is 0.867. The summed E-state index contributed by atoms with van der Waals surface area (Å²) in [5, 5.41) is 11.6. The number of carbonyl (C=O) groups excluding carboxylic acids is 1. The molecule has 6 heteroatoms. The van der Waals surface area contributed by atoms with Gasteiger partial charge in [-0.2, -0.15) is 0 Å². The number of aliphatic carboxylic acids is 1. The van der Waals surface area contributed by atoms with Crippen molar-refractivity contribution in [3.63, 3.8) is 0 Å². The maximum Gasteiger partial charge on any atom is 0.317 e. The predicted octanol–water partition coefficient (Wildman–Crippen LogP) is 1.61. The summed E-state index contributed by atoms with van der Waals surface area (Å²) >= 11 is 0. The van der Waals surface area contributed by atoms with E-state index in [1.54, 1.807) is 0 Å². The number of hydrogen-bond donors (Lipinski definition) is 2. The van der Waals surface area contributed by atoms with Gasteiger partial charge in [-0.15, -0.1) is 0 Å². The molecule has 2 N–H and O–H groups in total. The van der Waals surface area contributed by atoms with E-state index in [2.05, 4.69) is 31.1 Å². The molecule has 0 aliphatic carbocycles. The van der Waals surface area contributed by atoms with Crippen LogP contribution in [0, 0.1) is 5.92 Å². The van der Waals surface area contributed by atoms with E-state index >= 15 is 0 Å². The summed E-state index contributed by atoms with van der Waals surface area (Å²) in [5.41, 5.74) is 0. The number of carboxylic acid groups (broad SMARTS) is 1. The Balaban J connectivity index is 2.26. The molecule has 3 atom stereocenters. The summed E-state index contributed by atoms with van der Waals surface area (Å²) in [5.74, 6) is -0.446. The molecule has 0 aromatic rings. The summed E-state index contributed by atoms with van der Waals surface area (Å²) in [4.78, 5) is 26.8. The van der Waals surface area contributed by atoms with Crippen molar-refractivity contribution in [3.05, 3.63) is 0 Å². The highest BCUT2D eigenvalue weighted by molar-refractivity contribution is 5.74. The van der Waals surface area contributed by atoms with Gasteiger partial charge in [0.25, 0.3) is 0 Å². The Morgan fingerprint density at radius 1 is 1.24 bits per heavy atom. The summed E-state index contributed by atoms with van der Waals surface area (Å²) in [7, 11) is 2.09. The van der Waals surface area contributed by atoms with Crippen LogP contribution >= 0.6 is 0 Å². The minimum Gasteiger partial charge on any atom is -0.481 e. The zero-order valence-corrected chi connectivity index (χ0v) is 13.6. The quantitative estimate of drug-likeness (QED) is 0.781. The van der Waals surface area contributed by atoms with Crippen LogP contribution in [0.3, 0.4) is 0 Å². The number of nitrogens with zero attached hydrogens (tertiary/aromatic N) is 2. The topological polar surface area (TPSA) is 72.9 Å². The monoisotopic (exact) mass is 299 g/mol. The lowest BCUT2D eigenvalue weighted by Gasteiger charge is -2.42. The smallest absolute Gasteiger partial charge is 0.317 e. The second kappa shape index (κ2) is 8.22. The second-order valence-corrected chi connectivity index (χ2v) is 6.33. The van der Waals surface area contributed by atoms with Crippen LogP contribution in [0.1, 0.15) is 40.0 Å². The van der Waals surface area contributed by atoms with Gasteiger partial charge in [0.1, 0.15) is 0 Å². The molecule has 1 saturated heterocycles. The van der Waals surface area contributed by atoms with Gasteiger partial charge in [0.2, 0.25) is 0 Å². The highest BCUT2D eigenvalue weighted by Gasteiger charge is 2.29. The van der Waals surface area contributed by atoms with Crippen LogP contribution in [0.15, 0.2) is 0 Å². The first-order chi connectivity index (χ1) is 9.81. The molecule has 122 valence electrons. The Hall–Kier alpha value is -1.30. The molecule has 21 heavy (non-hydrogen) atoms. The second-order valence-electron chi connectivity index (χ2n) is 6.33. The van der Waals surface area contributed by atoms with E-state index in [1.807, 2.05) is 11.8 Å². The van der Waals surface area contributed by atoms with Crippen LogP contribution in [0.2, 0.25) is 0 Å². The average Bonchev–Trinajstić information content (AvgIpc) is 2.41. The molecule has 0 spiro atoms. The van der Waals surface area contributed by atoms with Gasteiger partial charge in [0.15, 0.2) is 0 Å². The lowest BCUT2D eigenvalue weighted by Crippen LogP contribution is -2.58. The Bertz CT molecular complexity index is 350. The van der Waals surface area contributed by atoms with E-state index in [0.717, 1.165) is 19.5 Å². The first kappa shape index (κ1) is 17.8. The fourth-order valence-electron chi connectivity index (χ4n) is 2.62. The zero-order valence-electron chi connectivity index (χ0n) is 13.6. The van der Waals surface area contributed by atoms with E-state index in [0.29, 0.717) is 31.0 Å². The molecule has 2 amide bonds. The molecule has 3 unspecified atom stereocenters. The van der Waals surface area contributed by atoms with Crippen LogP contribution in [0.5, 0.6) is 0 Å². The summed E-state index contributed by atoms with van der Waals surface area (Å²) in [6.07, 6.45) is 1.67. The number of likely N-dealkylation sites (N-methyl/N-ethyl adjacent to an activating group) is 1. The maximum absolute atomic E-state index is 12.1. The first-order valence-corrected chi connectivity index (χ1v) is 7.77. The largest absolute Gasteiger partial charge is 0.481 e. The molecule has 1 aliphatic rings. The molecule has 0 aromatic carbocycles. The number of rotatable bonds is 6. The van der Waals surface area contributed by atoms with E-state index in [9.17, 15) is 9.59 Å². The van der Waals surface area contributed by atoms with Crippen molar-refractivity contribution < 1.29 is 14.7 Å². The van der Waals surface area contributed by atoms with Gasteiger partial charge >= 0.3 is 12.0 Å². The third-order valence-electron chi connectivity index (χ3n) is 4.41. The Labute approximate surface area is 127 Å². The fourth-order valence-corrected chi connectivity index (χ4v) is 2.62. The van der Waals surface area contributed by atoms with E-state index in [4.69, 9.17) is 5.11 Å². The van der Waals surface area contributed by atoms with Crippen molar-refractivity contribution in [2.45, 2.75) is 52.1 Å². The maximum atomic E-state index is 12.1. The van der Waals surface area contributed by atoms with E-state index < -0.39 is 5.97 Å². The molecule has 0 radical (unpaired) electrons. The normalized spacial score (nSPS) is 24.7. The first-order valence-electron chi connectivity index (χ1n) is 7.77. The average molecular weight is 299 g/mol. The molecule has 0 saturated carbocycles. The van der Waals surface area contributed by atoms with Gasteiger partial charge in [-0.3, -0.25) is 9.69 Å². The highest BCUT2D eigenvalue weighted by Crippen LogP contribution is 2.13. The van der Waals surface area contributed by atoms with Gasteiger partial charge in [-0.1, -0.05) is 6.92 Å².